The van der Waals surface area contributed by atoms with Crippen LogP contribution in [0.15, 0.2) is 24.3 Å². The van der Waals surface area contributed by atoms with Crippen LogP contribution in [0.25, 0.3) is 0 Å². The summed E-state index contributed by atoms with van der Waals surface area (Å²) in [5, 5.41) is 9.56. The summed E-state index contributed by atoms with van der Waals surface area (Å²) >= 11 is 5.80. The van der Waals surface area contributed by atoms with Crippen molar-refractivity contribution >= 4 is 17.7 Å². The fourth-order valence-electron chi connectivity index (χ4n) is 2.05. The zero-order chi connectivity index (χ0) is 11.7. The Kier molecular flexibility index (Phi) is 3.03. The van der Waals surface area contributed by atoms with Gasteiger partial charge in [0.1, 0.15) is 0 Å². The molecule has 1 fully saturated rings. The molecule has 3 N–H and O–H groups in total. The minimum atomic E-state index is -0.910. The first kappa shape index (κ1) is 11.2. The molecule has 1 saturated heterocycles. The van der Waals surface area contributed by atoms with Crippen LogP contribution in [0.2, 0.25) is 5.02 Å². The van der Waals surface area contributed by atoms with Gasteiger partial charge in [-0.25, -0.2) is 4.79 Å². The quantitative estimate of drug-likeness (QED) is 0.786. The molecular formula is C11H13ClN2O2. The van der Waals surface area contributed by atoms with Gasteiger partial charge in [0.25, 0.3) is 0 Å². The van der Waals surface area contributed by atoms with E-state index in [9.17, 15) is 4.79 Å². The fourth-order valence-corrected chi connectivity index (χ4v) is 2.17. The molecule has 1 amide bonds. The number of halogens is 1. The molecule has 16 heavy (non-hydrogen) atoms. The van der Waals surface area contributed by atoms with Crippen LogP contribution in [-0.4, -0.2) is 35.2 Å². The minimum absolute atomic E-state index is 0.0633. The van der Waals surface area contributed by atoms with Crippen LogP contribution >= 0.6 is 11.6 Å². The molecule has 0 saturated carbocycles. The first-order valence-corrected chi connectivity index (χ1v) is 5.44. The van der Waals surface area contributed by atoms with E-state index in [-0.39, 0.29) is 12.0 Å². The standard InChI is InChI=1S/C11H13ClN2O2/c12-8-3-1-7(2-4-8)9-5-14(11(15)16)6-10(9)13/h1-4,9-10H,5-6,13H2,(H,15,16)/t9-,10+/m0/s1. The highest BCUT2D eigenvalue weighted by molar-refractivity contribution is 6.30. The zero-order valence-electron chi connectivity index (χ0n) is 8.64. The van der Waals surface area contributed by atoms with Crippen LogP contribution in [-0.2, 0) is 0 Å². The molecule has 1 aliphatic heterocycles. The third-order valence-corrected chi connectivity index (χ3v) is 3.19. The van der Waals surface area contributed by atoms with Crippen molar-refractivity contribution in [2.75, 3.05) is 13.1 Å². The van der Waals surface area contributed by atoms with Crippen LogP contribution in [0.4, 0.5) is 4.79 Å². The number of carbonyl (C=O) groups is 1. The molecule has 4 nitrogen and oxygen atoms in total. The summed E-state index contributed by atoms with van der Waals surface area (Å²) in [6, 6.07) is 7.26. The Labute approximate surface area is 98.6 Å². The molecule has 86 valence electrons. The minimum Gasteiger partial charge on any atom is -0.465 e. The molecule has 2 rings (SSSR count). The molecule has 0 unspecified atom stereocenters. The van der Waals surface area contributed by atoms with Crippen molar-refractivity contribution in [3.63, 3.8) is 0 Å². The smallest absolute Gasteiger partial charge is 0.407 e. The summed E-state index contributed by atoms with van der Waals surface area (Å²) in [6.07, 6.45) is -0.910. The van der Waals surface area contributed by atoms with E-state index in [0.29, 0.717) is 18.1 Å². The number of hydrogen-bond donors (Lipinski definition) is 2. The first-order valence-electron chi connectivity index (χ1n) is 5.07. The second-order valence-corrected chi connectivity index (χ2v) is 4.45. The van der Waals surface area contributed by atoms with Crippen molar-refractivity contribution < 1.29 is 9.90 Å². The van der Waals surface area contributed by atoms with Gasteiger partial charge < -0.3 is 15.7 Å². The maximum absolute atomic E-state index is 10.8. The van der Waals surface area contributed by atoms with E-state index >= 15 is 0 Å². The SMILES string of the molecule is N[C@@H]1CN(C(=O)O)C[C@H]1c1ccc(Cl)cc1. The molecule has 1 heterocycles. The second kappa shape index (κ2) is 4.31. The summed E-state index contributed by atoms with van der Waals surface area (Å²) in [5.41, 5.74) is 6.98. The predicted molar refractivity (Wildman–Crippen MR) is 61.8 cm³/mol. The van der Waals surface area contributed by atoms with Gasteiger partial charge in [0, 0.05) is 30.1 Å². The molecule has 1 aromatic rings. The molecule has 1 aliphatic rings. The zero-order valence-corrected chi connectivity index (χ0v) is 9.39. The lowest BCUT2D eigenvalue weighted by atomic mass is 9.95. The topological polar surface area (TPSA) is 66.6 Å². The largest absolute Gasteiger partial charge is 0.465 e. The van der Waals surface area contributed by atoms with Gasteiger partial charge in [0.05, 0.1) is 0 Å². The van der Waals surface area contributed by atoms with Crippen molar-refractivity contribution in [2.24, 2.45) is 5.73 Å². The number of carboxylic acid groups (broad SMARTS) is 1. The summed E-state index contributed by atoms with van der Waals surface area (Å²) in [4.78, 5) is 12.2. The van der Waals surface area contributed by atoms with Crippen LogP contribution < -0.4 is 5.73 Å². The van der Waals surface area contributed by atoms with Crippen molar-refractivity contribution in [1.29, 1.82) is 0 Å². The highest BCUT2D eigenvalue weighted by atomic mass is 35.5. The second-order valence-electron chi connectivity index (χ2n) is 4.01. The lowest BCUT2D eigenvalue weighted by molar-refractivity contribution is 0.154. The lowest BCUT2D eigenvalue weighted by Crippen LogP contribution is -2.31. The van der Waals surface area contributed by atoms with Crippen LogP contribution in [0.3, 0.4) is 0 Å². The number of rotatable bonds is 1. The van der Waals surface area contributed by atoms with Crippen molar-refractivity contribution in [2.45, 2.75) is 12.0 Å². The molecule has 0 aromatic heterocycles. The third kappa shape index (κ3) is 2.13. The highest BCUT2D eigenvalue weighted by Crippen LogP contribution is 2.27. The Morgan fingerprint density at radius 1 is 1.38 bits per heavy atom. The van der Waals surface area contributed by atoms with Gasteiger partial charge in [-0.3, -0.25) is 0 Å². The van der Waals surface area contributed by atoms with Crippen molar-refractivity contribution in [1.82, 2.24) is 4.90 Å². The Morgan fingerprint density at radius 3 is 2.50 bits per heavy atom. The van der Waals surface area contributed by atoms with E-state index < -0.39 is 6.09 Å². The molecule has 1 aromatic carbocycles. The number of nitrogens with zero attached hydrogens (tertiary/aromatic N) is 1. The van der Waals surface area contributed by atoms with Crippen LogP contribution in [0.1, 0.15) is 11.5 Å². The Hall–Kier alpha value is -1.26. The molecular weight excluding hydrogens is 228 g/mol. The van der Waals surface area contributed by atoms with E-state index in [1.165, 1.54) is 4.90 Å². The maximum Gasteiger partial charge on any atom is 0.407 e. The van der Waals surface area contributed by atoms with E-state index in [2.05, 4.69) is 0 Å². The van der Waals surface area contributed by atoms with E-state index in [4.69, 9.17) is 22.4 Å². The monoisotopic (exact) mass is 240 g/mol. The Morgan fingerprint density at radius 2 is 2.00 bits per heavy atom. The highest BCUT2D eigenvalue weighted by Gasteiger charge is 2.33. The van der Waals surface area contributed by atoms with Crippen LogP contribution in [0, 0.1) is 0 Å². The maximum atomic E-state index is 10.8. The van der Waals surface area contributed by atoms with Crippen molar-refractivity contribution in [3.8, 4) is 0 Å². The van der Waals surface area contributed by atoms with Gasteiger partial charge in [-0.15, -0.1) is 0 Å². The predicted octanol–water partition coefficient (Wildman–Crippen LogP) is 1.74. The summed E-state index contributed by atoms with van der Waals surface area (Å²) in [6.45, 7) is 0.848. The Balaban J connectivity index is 2.16. The molecule has 0 radical (unpaired) electrons. The normalized spacial score (nSPS) is 24.8. The first-order chi connectivity index (χ1) is 7.58. The average Bonchev–Trinajstić information content (AvgIpc) is 2.62. The summed E-state index contributed by atoms with van der Waals surface area (Å²) in [7, 11) is 0. The lowest BCUT2D eigenvalue weighted by Gasteiger charge is -2.14. The van der Waals surface area contributed by atoms with Gasteiger partial charge in [-0.05, 0) is 17.7 Å². The average molecular weight is 241 g/mol. The van der Waals surface area contributed by atoms with Gasteiger partial charge in [0.15, 0.2) is 0 Å². The third-order valence-electron chi connectivity index (χ3n) is 2.93. The van der Waals surface area contributed by atoms with E-state index in [1.807, 2.05) is 12.1 Å². The van der Waals surface area contributed by atoms with Gasteiger partial charge in [0.2, 0.25) is 0 Å². The van der Waals surface area contributed by atoms with Crippen LogP contribution in [0.5, 0.6) is 0 Å². The summed E-state index contributed by atoms with van der Waals surface area (Å²) < 4.78 is 0. The molecule has 0 spiro atoms. The number of hydrogen-bond acceptors (Lipinski definition) is 2. The number of benzene rings is 1. The molecule has 0 aliphatic carbocycles. The molecule has 2 atom stereocenters. The number of nitrogens with two attached hydrogens (primary N) is 1. The molecule has 5 heteroatoms. The van der Waals surface area contributed by atoms with Crippen molar-refractivity contribution in [3.05, 3.63) is 34.9 Å². The molecule has 0 bridgehead atoms. The number of amides is 1. The van der Waals surface area contributed by atoms with Gasteiger partial charge >= 0.3 is 6.09 Å². The number of likely N-dealkylation sites (tertiary alicyclic amines) is 1. The van der Waals surface area contributed by atoms with E-state index in [1.54, 1.807) is 12.1 Å². The summed E-state index contributed by atoms with van der Waals surface area (Å²) in [5.74, 6) is 0.0633. The van der Waals surface area contributed by atoms with Gasteiger partial charge in [-0.1, -0.05) is 23.7 Å². The fraction of sp³-hybridized carbons (Fsp3) is 0.364. The Bertz CT molecular complexity index is 393. The van der Waals surface area contributed by atoms with Gasteiger partial charge in [-0.2, -0.15) is 0 Å². The van der Waals surface area contributed by atoms with E-state index in [0.717, 1.165) is 5.56 Å².